The van der Waals surface area contributed by atoms with Crippen molar-refractivity contribution in [2.24, 2.45) is 0 Å². The third kappa shape index (κ3) is 2.44. The lowest BCUT2D eigenvalue weighted by atomic mass is 10.1. The normalized spacial score (nSPS) is 12.0. The molecule has 0 spiro atoms. The second-order valence-corrected chi connectivity index (χ2v) is 9.12. The van der Waals surface area contributed by atoms with Gasteiger partial charge in [0, 0.05) is 44.3 Å². The van der Waals surface area contributed by atoms with Crippen LogP contribution in [-0.2, 0) is 0 Å². The summed E-state index contributed by atoms with van der Waals surface area (Å²) in [5.74, 6) is 0. The van der Waals surface area contributed by atoms with Gasteiger partial charge in [-0.3, -0.25) is 0 Å². The summed E-state index contributed by atoms with van der Waals surface area (Å²) < 4.78 is 4.84. The summed E-state index contributed by atoms with van der Waals surface area (Å²) in [7, 11) is 0. The van der Waals surface area contributed by atoms with Crippen LogP contribution < -0.4 is 0 Å². The lowest BCUT2D eigenvalue weighted by Gasteiger charge is -2.09. The van der Waals surface area contributed by atoms with Gasteiger partial charge in [0.25, 0.3) is 0 Å². The van der Waals surface area contributed by atoms with Crippen molar-refractivity contribution in [2.75, 3.05) is 0 Å². The average molecular weight is 448 g/mol. The van der Waals surface area contributed by atoms with Crippen LogP contribution >= 0.6 is 0 Å². The molecule has 0 fully saturated rings. The van der Waals surface area contributed by atoms with Gasteiger partial charge in [-0.05, 0) is 36.4 Å². The Balaban J connectivity index is 1.64. The second-order valence-electron chi connectivity index (χ2n) is 9.12. The number of H-pyrrole nitrogens is 1. The quantitative estimate of drug-likeness (QED) is 0.275. The Morgan fingerprint density at radius 1 is 0.457 bits per heavy atom. The first-order valence-electron chi connectivity index (χ1n) is 12.0. The monoisotopic (exact) mass is 447 g/mol. The fourth-order valence-corrected chi connectivity index (χ4v) is 5.85. The van der Waals surface area contributed by atoms with Crippen LogP contribution in [0.1, 0.15) is 0 Å². The molecule has 8 rings (SSSR count). The summed E-state index contributed by atoms with van der Waals surface area (Å²) in [6.07, 6.45) is 2.13. The summed E-state index contributed by atoms with van der Waals surface area (Å²) in [5, 5.41) is 6.32. The highest BCUT2D eigenvalue weighted by molar-refractivity contribution is 6.26. The number of fused-ring (bicyclic) bond motifs is 8. The Hall–Kier alpha value is -4.76. The molecule has 8 aromatic rings. The van der Waals surface area contributed by atoms with Crippen molar-refractivity contribution in [1.82, 2.24) is 14.1 Å². The van der Waals surface area contributed by atoms with Crippen LogP contribution in [0.3, 0.4) is 0 Å². The van der Waals surface area contributed by atoms with E-state index in [1.165, 1.54) is 60.4 Å². The van der Waals surface area contributed by atoms with Crippen LogP contribution in [0.25, 0.3) is 65.9 Å². The van der Waals surface area contributed by atoms with Crippen molar-refractivity contribution in [3.63, 3.8) is 0 Å². The van der Waals surface area contributed by atoms with Gasteiger partial charge < -0.3 is 14.1 Å². The first kappa shape index (κ1) is 18.6. The minimum atomic E-state index is 1.15. The molecule has 0 bridgehead atoms. The smallest absolute Gasteiger partial charge is 0.0715 e. The summed E-state index contributed by atoms with van der Waals surface area (Å²) in [6, 6.07) is 41.3. The third-order valence-corrected chi connectivity index (χ3v) is 7.29. The molecule has 0 aliphatic carbocycles. The number of rotatable bonds is 2. The van der Waals surface area contributed by atoms with Crippen LogP contribution in [0, 0.1) is 0 Å². The Bertz CT molecular complexity index is 2050. The maximum Gasteiger partial charge on any atom is 0.0715 e. The van der Waals surface area contributed by atoms with E-state index in [1.807, 2.05) is 0 Å². The molecule has 0 radical (unpaired) electrons. The Morgan fingerprint density at radius 3 is 1.94 bits per heavy atom. The minimum absolute atomic E-state index is 1.15. The van der Waals surface area contributed by atoms with E-state index in [9.17, 15) is 0 Å². The summed E-state index contributed by atoms with van der Waals surface area (Å²) in [4.78, 5) is 3.48. The fraction of sp³-hybridized carbons (Fsp3) is 0. The van der Waals surface area contributed by atoms with E-state index in [1.54, 1.807) is 0 Å². The van der Waals surface area contributed by atoms with Crippen LogP contribution in [0.5, 0.6) is 0 Å². The van der Waals surface area contributed by atoms with Crippen LogP contribution in [0.4, 0.5) is 0 Å². The van der Waals surface area contributed by atoms with Crippen molar-refractivity contribution >= 4 is 54.5 Å². The van der Waals surface area contributed by atoms with E-state index in [-0.39, 0.29) is 0 Å². The van der Waals surface area contributed by atoms with Crippen LogP contribution in [0.15, 0.2) is 121 Å². The van der Waals surface area contributed by atoms with Gasteiger partial charge in [0.1, 0.15) is 0 Å². The van der Waals surface area contributed by atoms with E-state index in [0.717, 1.165) is 5.52 Å². The first-order valence-corrected chi connectivity index (χ1v) is 12.0. The topological polar surface area (TPSA) is 25.6 Å². The number of aromatic amines is 1. The zero-order valence-electron chi connectivity index (χ0n) is 18.9. The van der Waals surface area contributed by atoms with E-state index in [0.29, 0.717) is 0 Å². The van der Waals surface area contributed by atoms with Gasteiger partial charge in [-0.15, -0.1) is 0 Å². The second kappa shape index (κ2) is 6.87. The molecule has 0 aliphatic rings. The Morgan fingerprint density at radius 2 is 1.11 bits per heavy atom. The molecule has 35 heavy (non-hydrogen) atoms. The lowest BCUT2D eigenvalue weighted by Crippen LogP contribution is -1.94. The van der Waals surface area contributed by atoms with E-state index in [4.69, 9.17) is 0 Å². The molecule has 3 aromatic heterocycles. The third-order valence-electron chi connectivity index (χ3n) is 7.29. The zero-order valence-corrected chi connectivity index (χ0v) is 18.9. The average Bonchev–Trinajstić information content (AvgIpc) is 3.59. The molecule has 164 valence electrons. The van der Waals surface area contributed by atoms with Gasteiger partial charge in [0.2, 0.25) is 0 Å². The molecule has 0 saturated heterocycles. The molecule has 0 saturated carbocycles. The van der Waals surface area contributed by atoms with E-state index in [2.05, 4.69) is 136 Å². The van der Waals surface area contributed by atoms with Gasteiger partial charge in [0.05, 0.1) is 27.8 Å². The number of aromatic nitrogens is 3. The molecule has 5 aromatic carbocycles. The SMILES string of the molecule is c1ccc(-n2c3ccccc3c3ccc4c(c5ccccc5n4-c4c[nH]c5ccccc45)c32)cc1. The number of nitrogens with one attached hydrogen (secondary N) is 1. The zero-order chi connectivity index (χ0) is 22.9. The number of para-hydroxylation sites is 4. The number of benzene rings is 5. The molecule has 1 N–H and O–H groups in total. The number of nitrogens with zero attached hydrogens (tertiary/aromatic N) is 2. The van der Waals surface area contributed by atoms with Gasteiger partial charge in [-0.1, -0.05) is 78.9 Å². The molecular weight excluding hydrogens is 426 g/mol. The van der Waals surface area contributed by atoms with Gasteiger partial charge in [-0.2, -0.15) is 0 Å². The van der Waals surface area contributed by atoms with Crippen molar-refractivity contribution in [3.8, 4) is 11.4 Å². The van der Waals surface area contributed by atoms with Crippen LogP contribution in [-0.4, -0.2) is 14.1 Å². The highest BCUT2D eigenvalue weighted by atomic mass is 15.0. The van der Waals surface area contributed by atoms with Crippen molar-refractivity contribution in [3.05, 3.63) is 121 Å². The van der Waals surface area contributed by atoms with Crippen molar-refractivity contribution in [2.45, 2.75) is 0 Å². The molecule has 0 amide bonds. The number of hydrogen-bond donors (Lipinski definition) is 1. The Labute approximate surface area is 201 Å². The standard InChI is InChI=1S/C32H21N3/c1-2-10-21(11-3-1)34-27-16-8-5-12-22(27)23-18-19-29-31(32(23)34)25-14-6-9-17-28(25)35(29)30-20-33-26-15-7-4-13-24(26)30/h1-20,33H. The maximum absolute atomic E-state index is 3.48. The molecule has 0 aliphatic heterocycles. The fourth-order valence-electron chi connectivity index (χ4n) is 5.85. The molecule has 3 heteroatoms. The van der Waals surface area contributed by atoms with Gasteiger partial charge in [0.15, 0.2) is 0 Å². The minimum Gasteiger partial charge on any atom is -0.359 e. The first-order chi connectivity index (χ1) is 17.4. The maximum atomic E-state index is 3.48. The molecular formula is C32H21N3. The van der Waals surface area contributed by atoms with E-state index < -0.39 is 0 Å². The van der Waals surface area contributed by atoms with Crippen LogP contribution in [0.2, 0.25) is 0 Å². The van der Waals surface area contributed by atoms with Crippen molar-refractivity contribution < 1.29 is 0 Å². The lowest BCUT2D eigenvalue weighted by molar-refractivity contribution is 1.18. The molecule has 3 nitrogen and oxygen atoms in total. The largest absolute Gasteiger partial charge is 0.359 e. The van der Waals surface area contributed by atoms with Gasteiger partial charge >= 0.3 is 0 Å². The van der Waals surface area contributed by atoms with E-state index >= 15 is 0 Å². The molecule has 0 unspecified atom stereocenters. The van der Waals surface area contributed by atoms with Crippen molar-refractivity contribution in [1.29, 1.82) is 0 Å². The predicted octanol–water partition coefficient (Wildman–Crippen LogP) is 8.36. The summed E-state index contributed by atoms with van der Waals surface area (Å²) in [5.41, 5.74) is 8.40. The highest BCUT2D eigenvalue weighted by Crippen LogP contribution is 2.42. The van der Waals surface area contributed by atoms with Gasteiger partial charge in [-0.25, -0.2) is 0 Å². The number of hydrogen-bond acceptors (Lipinski definition) is 0. The Kier molecular flexibility index (Phi) is 3.66. The predicted molar refractivity (Wildman–Crippen MR) is 147 cm³/mol. The summed E-state index contributed by atoms with van der Waals surface area (Å²) in [6.45, 7) is 0. The highest BCUT2D eigenvalue weighted by Gasteiger charge is 2.21. The molecule has 0 atom stereocenters. The summed E-state index contributed by atoms with van der Waals surface area (Å²) >= 11 is 0. The molecule has 3 heterocycles.